The van der Waals surface area contributed by atoms with E-state index in [1.165, 1.54) is 167 Å². The molecule has 0 spiro atoms. The van der Waals surface area contributed by atoms with Crippen LogP contribution in [0.1, 0.15) is 199 Å². The van der Waals surface area contributed by atoms with Gasteiger partial charge in [0.1, 0.15) is 0 Å². The van der Waals surface area contributed by atoms with E-state index in [1.807, 2.05) is 0 Å². The average molecular weight is 668 g/mol. The third-order valence-electron chi connectivity index (χ3n) is 9.64. The molecule has 1 rings (SSSR count). The molecule has 278 valence electrons. The molecule has 48 heavy (non-hydrogen) atoms. The molecule has 0 atom stereocenters. The molecule has 0 aromatic heterocycles. The molecule has 0 fully saturated rings. The summed E-state index contributed by atoms with van der Waals surface area (Å²) in [5.74, 6) is -0.815. The Balaban J connectivity index is 2.19. The predicted octanol–water partition coefficient (Wildman–Crippen LogP) is 14.5. The molecule has 1 aromatic rings. The number of hydrogen-bond donors (Lipinski definition) is 0. The molecule has 0 bridgehead atoms. The zero-order valence-corrected chi connectivity index (χ0v) is 32.7. The molecular weight excluding hydrogens is 587 g/mol. The lowest BCUT2D eigenvalue weighted by molar-refractivity contribution is -0.319. The summed E-state index contributed by atoms with van der Waals surface area (Å²) in [5, 5.41) is 0. The minimum atomic E-state index is -0.815. The maximum Gasteiger partial charge on any atom is 0.257 e. The predicted molar refractivity (Wildman–Crippen MR) is 213 cm³/mol. The maximum absolute atomic E-state index is 6.61. The molecule has 3 heteroatoms. The van der Waals surface area contributed by atoms with Crippen molar-refractivity contribution in [2.75, 3.05) is 27.3 Å². The highest BCUT2D eigenvalue weighted by Gasteiger charge is 2.37. The van der Waals surface area contributed by atoms with Crippen LogP contribution in [0.2, 0.25) is 0 Å². The van der Waals surface area contributed by atoms with Crippen molar-refractivity contribution in [2.24, 2.45) is 0 Å². The third-order valence-corrected chi connectivity index (χ3v) is 9.64. The Hall–Kier alpha value is -1.42. The van der Waals surface area contributed by atoms with Crippen LogP contribution in [0.25, 0.3) is 0 Å². The van der Waals surface area contributed by atoms with Gasteiger partial charge in [0.05, 0.1) is 13.2 Å². The SMILES string of the molecule is CCCCCCCC/C=C\CCCCCCCCOC(OCCCCCCCC/C=C\CCCCCCCC)(c1ccccc1)N(C)C. The van der Waals surface area contributed by atoms with Crippen molar-refractivity contribution in [3.8, 4) is 0 Å². The number of nitrogens with zero attached hydrogens (tertiary/aromatic N) is 1. The fraction of sp³-hybridized carbons (Fsp3) is 0.778. The maximum atomic E-state index is 6.61. The van der Waals surface area contributed by atoms with Crippen LogP contribution >= 0.6 is 0 Å². The van der Waals surface area contributed by atoms with Crippen LogP contribution in [0.3, 0.4) is 0 Å². The van der Waals surface area contributed by atoms with Gasteiger partial charge in [-0.3, -0.25) is 4.90 Å². The molecule has 0 radical (unpaired) electrons. The van der Waals surface area contributed by atoms with Crippen LogP contribution in [0.5, 0.6) is 0 Å². The second-order valence-electron chi connectivity index (χ2n) is 14.4. The molecule has 0 amide bonds. The largest absolute Gasteiger partial charge is 0.333 e. The van der Waals surface area contributed by atoms with Crippen LogP contribution in [0.15, 0.2) is 54.6 Å². The normalized spacial score (nSPS) is 12.4. The molecule has 0 aliphatic carbocycles. The summed E-state index contributed by atoms with van der Waals surface area (Å²) >= 11 is 0. The summed E-state index contributed by atoms with van der Waals surface area (Å²) in [4.78, 5) is 2.11. The second kappa shape index (κ2) is 34.0. The zero-order valence-electron chi connectivity index (χ0n) is 32.7. The van der Waals surface area contributed by atoms with Gasteiger partial charge < -0.3 is 9.47 Å². The number of rotatable bonds is 36. The number of hydrogen-bond acceptors (Lipinski definition) is 3. The molecule has 1 aromatic carbocycles. The van der Waals surface area contributed by atoms with Gasteiger partial charge in [0, 0.05) is 5.56 Å². The fourth-order valence-corrected chi connectivity index (χ4v) is 6.49. The summed E-state index contributed by atoms with van der Waals surface area (Å²) in [5.41, 5.74) is 1.09. The summed E-state index contributed by atoms with van der Waals surface area (Å²) in [7, 11) is 4.16. The molecule has 0 N–H and O–H groups in total. The van der Waals surface area contributed by atoms with Crippen LogP contribution in [-0.4, -0.2) is 32.2 Å². The number of benzene rings is 1. The lowest BCUT2D eigenvalue weighted by atomic mass is 10.1. The van der Waals surface area contributed by atoms with E-state index < -0.39 is 5.91 Å². The summed E-state index contributed by atoms with van der Waals surface area (Å²) < 4.78 is 13.2. The van der Waals surface area contributed by atoms with E-state index in [-0.39, 0.29) is 0 Å². The first-order valence-corrected chi connectivity index (χ1v) is 21.0. The standard InChI is InChI=1S/C45H81NO2/c1-5-7-9-11-13-15-17-19-21-23-25-27-29-31-33-38-42-47-45(46(3)4,44-40-36-35-37-41-44)48-43-39-34-32-30-28-26-24-22-20-18-16-14-12-10-8-6-2/h19-22,35-37,40-41H,5-18,23-34,38-39,42-43H2,1-4H3/b21-19-,22-20-. The first kappa shape index (κ1) is 44.6. The second-order valence-corrected chi connectivity index (χ2v) is 14.4. The number of unbranched alkanes of at least 4 members (excludes halogenated alkanes) is 24. The highest BCUT2D eigenvalue weighted by molar-refractivity contribution is 5.19. The van der Waals surface area contributed by atoms with Crippen LogP contribution in [-0.2, 0) is 15.4 Å². The van der Waals surface area contributed by atoms with Gasteiger partial charge in [-0.1, -0.05) is 184 Å². The molecule has 3 nitrogen and oxygen atoms in total. The average Bonchev–Trinajstić information content (AvgIpc) is 3.10. The molecule has 0 heterocycles. The van der Waals surface area contributed by atoms with E-state index in [9.17, 15) is 0 Å². The topological polar surface area (TPSA) is 21.7 Å². The van der Waals surface area contributed by atoms with Gasteiger partial charge in [-0.05, 0) is 78.3 Å². The van der Waals surface area contributed by atoms with Gasteiger partial charge in [-0.2, -0.15) is 0 Å². The van der Waals surface area contributed by atoms with Gasteiger partial charge in [-0.25, -0.2) is 0 Å². The Labute approximate surface area is 300 Å². The molecule has 0 saturated heterocycles. The van der Waals surface area contributed by atoms with Gasteiger partial charge in [-0.15, -0.1) is 0 Å². The summed E-state index contributed by atoms with van der Waals surface area (Å²) in [6.45, 7) is 6.02. The summed E-state index contributed by atoms with van der Waals surface area (Å²) in [6, 6.07) is 10.5. The Bertz CT molecular complexity index is 789. The Morgan fingerprint density at radius 2 is 0.750 bits per heavy atom. The number of ether oxygens (including phenoxy) is 2. The van der Waals surface area contributed by atoms with Gasteiger partial charge >= 0.3 is 0 Å². The third kappa shape index (κ3) is 24.7. The minimum Gasteiger partial charge on any atom is -0.333 e. The van der Waals surface area contributed by atoms with E-state index in [0.29, 0.717) is 0 Å². The zero-order chi connectivity index (χ0) is 34.6. The van der Waals surface area contributed by atoms with Gasteiger partial charge in [0.15, 0.2) is 0 Å². The van der Waals surface area contributed by atoms with E-state index in [4.69, 9.17) is 9.47 Å². The lowest BCUT2D eigenvalue weighted by Crippen LogP contribution is -2.47. The molecule has 0 aliphatic rings. The van der Waals surface area contributed by atoms with Crippen molar-refractivity contribution in [2.45, 2.75) is 200 Å². The van der Waals surface area contributed by atoms with E-state index in [1.54, 1.807) is 0 Å². The molecule has 0 aliphatic heterocycles. The summed E-state index contributed by atoms with van der Waals surface area (Å²) in [6.07, 6.45) is 46.6. The Morgan fingerprint density at radius 1 is 0.438 bits per heavy atom. The smallest absolute Gasteiger partial charge is 0.257 e. The Morgan fingerprint density at radius 3 is 1.08 bits per heavy atom. The lowest BCUT2D eigenvalue weighted by Gasteiger charge is -2.39. The highest BCUT2D eigenvalue weighted by Crippen LogP contribution is 2.31. The monoisotopic (exact) mass is 668 g/mol. The van der Waals surface area contributed by atoms with E-state index in [2.05, 4.69) is 87.5 Å². The highest BCUT2D eigenvalue weighted by atomic mass is 16.7. The minimum absolute atomic E-state index is 0.724. The van der Waals surface area contributed by atoms with Crippen molar-refractivity contribution in [1.82, 2.24) is 4.90 Å². The van der Waals surface area contributed by atoms with E-state index >= 15 is 0 Å². The molecule has 0 saturated carbocycles. The number of allylic oxidation sites excluding steroid dienone is 4. The van der Waals surface area contributed by atoms with Gasteiger partial charge in [0.2, 0.25) is 0 Å². The van der Waals surface area contributed by atoms with E-state index in [0.717, 1.165) is 31.6 Å². The van der Waals surface area contributed by atoms with Crippen molar-refractivity contribution < 1.29 is 9.47 Å². The van der Waals surface area contributed by atoms with Crippen LogP contribution < -0.4 is 0 Å². The van der Waals surface area contributed by atoms with Crippen molar-refractivity contribution in [1.29, 1.82) is 0 Å². The Kier molecular flexibility index (Phi) is 31.6. The van der Waals surface area contributed by atoms with Crippen molar-refractivity contribution >= 4 is 0 Å². The van der Waals surface area contributed by atoms with Crippen molar-refractivity contribution in [3.05, 3.63) is 60.2 Å². The van der Waals surface area contributed by atoms with Gasteiger partial charge in [0.25, 0.3) is 5.91 Å². The van der Waals surface area contributed by atoms with Crippen LogP contribution in [0.4, 0.5) is 0 Å². The van der Waals surface area contributed by atoms with Crippen molar-refractivity contribution in [3.63, 3.8) is 0 Å². The first-order valence-electron chi connectivity index (χ1n) is 21.0. The first-order chi connectivity index (χ1) is 23.7. The fourth-order valence-electron chi connectivity index (χ4n) is 6.49. The molecule has 0 unspecified atom stereocenters. The van der Waals surface area contributed by atoms with Crippen LogP contribution in [0, 0.1) is 0 Å². The quantitative estimate of drug-likeness (QED) is 0.0404. The molecular formula is C45H81NO2.